The van der Waals surface area contributed by atoms with Crippen LogP contribution in [-0.4, -0.2) is 22.0 Å². The Morgan fingerprint density at radius 2 is 2.39 bits per heavy atom. The van der Waals surface area contributed by atoms with Crippen LogP contribution in [0.5, 0.6) is 0 Å². The largest absolute Gasteiger partial charge is 0.370 e. The van der Waals surface area contributed by atoms with Crippen molar-refractivity contribution in [3.05, 3.63) is 17.2 Å². The predicted octanol–water partition coefficient (Wildman–Crippen LogP) is 0.918. The van der Waals surface area contributed by atoms with Crippen LogP contribution >= 0.6 is 0 Å². The topological polar surface area (TPSA) is 72.9 Å². The molecule has 1 amide bonds. The number of carbonyl (C=O) groups excluding carboxylic acids is 1. The van der Waals surface area contributed by atoms with Crippen molar-refractivity contribution in [1.82, 2.24) is 14.9 Å². The monoisotopic (exact) mass is 250 g/mol. The van der Waals surface area contributed by atoms with E-state index in [1.165, 1.54) is 5.69 Å². The molecule has 0 saturated carbocycles. The first-order valence-corrected chi connectivity index (χ1v) is 6.71. The number of imidazole rings is 1. The summed E-state index contributed by atoms with van der Waals surface area (Å²) in [6, 6.07) is 0.110. The lowest BCUT2D eigenvalue weighted by molar-refractivity contribution is -0.118. The average molecular weight is 250 g/mol. The van der Waals surface area contributed by atoms with Crippen molar-refractivity contribution in [2.45, 2.75) is 52.1 Å². The summed E-state index contributed by atoms with van der Waals surface area (Å²) in [6.07, 6.45) is 3.38. The van der Waals surface area contributed by atoms with Gasteiger partial charge in [-0.1, -0.05) is 6.92 Å². The molecule has 0 radical (unpaired) electrons. The molecule has 1 aromatic heterocycles. The summed E-state index contributed by atoms with van der Waals surface area (Å²) in [7, 11) is 0. The van der Waals surface area contributed by atoms with E-state index < -0.39 is 0 Å². The van der Waals surface area contributed by atoms with Crippen LogP contribution in [0.4, 0.5) is 0 Å². The predicted molar refractivity (Wildman–Crippen MR) is 70.2 cm³/mol. The molecule has 0 saturated heterocycles. The summed E-state index contributed by atoms with van der Waals surface area (Å²) in [5.74, 6) is 0.848. The molecule has 5 heteroatoms. The molecule has 2 heterocycles. The molecule has 5 nitrogen and oxygen atoms in total. The van der Waals surface area contributed by atoms with Gasteiger partial charge in [-0.3, -0.25) is 4.79 Å². The third-order valence-corrected chi connectivity index (χ3v) is 3.41. The van der Waals surface area contributed by atoms with Crippen molar-refractivity contribution >= 4 is 5.91 Å². The molecule has 2 rings (SSSR count). The molecular formula is C13H22N4O. The van der Waals surface area contributed by atoms with Crippen molar-refractivity contribution in [2.75, 3.05) is 6.54 Å². The maximum atomic E-state index is 11.1. The molecule has 1 atom stereocenters. The average Bonchev–Trinajstić information content (AvgIpc) is 2.66. The van der Waals surface area contributed by atoms with Crippen LogP contribution in [0.3, 0.4) is 0 Å². The zero-order valence-corrected chi connectivity index (χ0v) is 11.2. The zero-order valence-electron chi connectivity index (χ0n) is 11.2. The second-order valence-electron chi connectivity index (χ2n) is 4.99. The molecule has 1 aromatic rings. The summed E-state index contributed by atoms with van der Waals surface area (Å²) in [6.45, 7) is 6.01. The molecule has 0 aliphatic carbocycles. The van der Waals surface area contributed by atoms with Gasteiger partial charge in [-0.05, 0) is 13.3 Å². The van der Waals surface area contributed by atoms with Crippen molar-refractivity contribution in [2.24, 2.45) is 5.73 Å². The lowest BCUT2D eigenvalue weighted by Crippen LogP contribution is -2.27. The van der Waals surface area contributed by atoms with Gasteiger partial charge in [-0.15, -0.1) is 0 Å². The van der Waals surface area contributed by atoms with Gasteiger partial charge < -0.3 is 15.6 Å². The van der Waals surface area contributed by atoms with E-state index in [2.05, 4.69) is 16.8 Å². The van der Waals surface area contributed by atoms with Crippen LogP contribution in [0.15, 0.2) is 0 Å². The number of rotatable bonds is 5. The maximum Gasteiger partial charge on any atom is 0.219 e. The summed E-state index contributed by atoms with van der Waals surface area (Å²) in [4.78, 5) is 15.8. The Kier molecular flexibility index (Phi) is 4.01. The molecule has 1 aliphatic rings. The van der Waals surface area contributed by atoms with Crippen LogP contribution in [0.1, 0.15) is 49.9 Å². The Bertz CT molecular complexity index is 438. The number of nitrogens with zero attached hydrogens (tertiary/aromatic N) is 2. The van der Waals surface area contributed by atoms with Crippen molar-refractivity contribution in [1.29, 1.82) is 0 Å². The van der Waals surface area contributed by atoms with Gasteiger partial charge in [0.1, 0.15) is 5.82 Å². The minimum atomic E-state index is -0.249. The molecule has 0 aromatic carbocycles. The van der Waals surface area contributed by atoms with E-state index in [4.69, 9.17) is 10.7 Å². The van der Waals surface area contributed by atoms with E-state index in [0.717, 1.165) is 43.9 Å². The third-order valence-electron chi connectivity index (χ3n) is 3.41. The number of primary amides is 1. The van der Waals surface area contributed by atoms with E-state index in [1.807, 2.05) is 6.92 Å². The lowest BCUT2D eigenvalue weighted by Gasteiger charge is -2.21. The molecule has 1 unspecified atom stereocenters. The highest BCUT2D eigenvalue weighted by molar-refractivity contribution is 5.74. The van der Waals surface area contributed by atoms with Gasteiger partial charge in [0, 0.05) is 44.1 Å². The number of carbonyl (C=O) groups is 1. The minimum absolute atomic E-state index is 0.110. The Morgan fingerprint density at radius 3 is 3.06 bits per heavy atom. The van der Waals surface area contributed by atoms with E-state index >= 15 is 0 Å². The van der Waals surface area contributed by atoms with Crippen molar-refractivity contribution in [3.63, 3.8) is 0 Å². The van der Waals surface area contributed by atoms with Crippen LogP contribution < -0.4 is 11.1 Å². The Balaban J connectivity index is 2.35. The Morgan fingerprint density at radius 1 is 1.61 bits per heavy atom. The van der Waals surface area contributed by atoms with E-state index in [9.17, 15) is 4.79 Å². The molecule has 0 spiro atoms. The van der Waals surface area contributed by atoms with Gasteiger partial charge in [0.2, 0.25) is 5.91 Å². The fourth-order valence-corrected chi connectivity index (χ4v) is 2.69. The molecular weight excluding hydrogens is 228 g/mol. The molecule has 3 N–H and O–H groups in total. The number of nitrogens with two attached hydrogens (primary N) is 1. The first-order chi connectivity index (χ1) is 8.63. The van der Waals surface area contributed by atoms with Crippen LogP contribution in [0, 0.1) is 0 Å². The molecule has 0 bridgehead atoms. The van der Waals surface area contributed by atoms with Crippen LogP contribution in [-0.2, 0) is 24.2 Å². The standard InChI is InChI=1S/C13H22N4O/c1-3-4-13-16-10-8-15-6-5-11(10)17(13)9(2)7-12(14)18/h9,15H,3-8H2,1-2H3,(H2,14,18). The number of aryl methyl sites for hydroxylation is 1. The highest BCUT2D eigenvalue weighted by atomic mass is 16.1. The number of hydrogen-bond acceptors (Lipinski definition) is 3. The quantitative estimate of drug-likeness (QED) is 0.816. The van der Waals surface area contributed by atoms with E-state index in [-0.39, 0.29) is 11.9 Å². The number of hydrogen-bond donors (Lipinski definition) is 2. The second kappa shape index (κ2) is 5.52. The number of aromatic nitrogens is 2. The number of amides is 1. The van der Waals surface area contributed by atoms with E-state index in [0.29, 0.717) is 6.42 Å². The Labute approximate surface area is 108 Å². The lowest BCUT2D eigenvalue weighted by atomic mass is 10.1. The SMILES string of the molecule is CCCc1nc2c(n1C(C)CC(N)=O)CCNC2. The van der Waals surface area contributed by atoms with Crippen LogP contribution in [0.2, 0.25) is 0 Å². The van der Waals surface area contributed by atoms with Gasteiger partial charge in [0.25, 0.3) is 0 Å². The van der Waals surface area contributed by atoms with Gasteiger partial charge in [-0.25, -0.2) is 4.98 Å². The molecule has 1 aliphatic heterocycles. The summed E-state index contributed by atoms with van der Waals surface area (Å²) < 4.78 is 2.24. The van der Waals surface area contributed by atoms with Gasteiger partial charge in [0.05, 0.1) is 5.69 Å². The highest BCUT2D eigenvalue weighted by Gasteiger charge is 2.22. The van der Waals surface area contributed by atoms with Gasteiger partial charge >= 0.3 is 0 Å². The summed E-state index contributed by atoms with van der Waals surface area (Å²) in [5.41, 5.74) is 7.74. The van der Waals surface area contributed by atoms with Crippen LogP contribution in [0.25, 0.3) is 0 Å². The number of fused-ring (bicyclic) bond motifs is 1. The van der Waals surface area contributed by atoms with Gasteiger partial charge in [-0.2, -0.15) is 0 Å². The fourth-order valence-electron chi connectivity index (χ4n) is 2.69. The molecule has 100 valence electrons. The second-order valence-corrected chi connectivity index (χ2v) is 4.99. The summed E-state index contributed by atoms with van der Waals surface area (Å²) in [5, 5.41) is 3.34. The van der Waals surface area contributed by atoms with E-state index in [1.54, 1.807) is 0 Å². The van der Waals surface area contributed by atoms with Gasteiger partial charge in [0.15, 0.2) is 0 Å². The smallest absolute Gasteiger partial charge is 0.219 e. The Hall–Kier alpha value is -1.36. The van der Waals surface area contributed by atoms with Crippen molar-refractivity contribution in [3.8, 4) is 0 Å². The first kappa shape index (κ1) is 13.1. The van der Waals surface area contributed by atoms with Crippen molar-refractivity contribution < 1.29 is 4.79 Å². The normalized spacial score (nSPS) is 16.3. The zero-order chi connectivity index (χ0) is 13.1. The first-order valence-electron chi connectivity index (χ1n) is 6.71. The minimum Gasteiger partial charge on any atom is -0.370 e. The maximum absolute atomic E-state index is 11.1. The molecule has 0 fully saturated rings. The fraction of sp³-hybridized carbons (Fsp3) is 0.692. The number of nitrogens with one attached hydrogen (secondary N) is 1. The third kappa shape index (κ3) is 2.56. The molecule has 18 heavy (non-hydrogen) atoms. The highest BCUT2D eigenvalue weighted by Crippen LogP contribution is 2.23. The summed E-state index contributed by atoms with van der Waals surface area (Å²) >= 11 is 0.